The summed E-state index contributed by atoms with van der Waals surface area (Å²) in [4.78, 5) is 11.7. The first-order valence-corrected chi connectivity index (χ1v) is 4.92. The average molecular weight is 247 g/mol. The van der Waals surface area contributed by atoms with E-state index < -0.39 is 18.1 Å². The number of alkyl halides is 2. The van der Waals surface area contributed by atoms with Gasteiger partial charge >= 0.3 is 6.43 Å². The summed E-state index contributed by atoms with van der Waals surface area (Å²) in [7, 11) is 1.25. The molecule has 0 heterocycles. The second-order valence-corrected chi connectivity index (χ2v) is 3.37. The van der Waals surface area contributed by atoms with Gasteiger partial charge in [-0.25, -0.2) is 4.39 Å². The number of rotatable bonds is 5. The molecule has 1 aromatic rings. The molecule has 0 spiro atoms. The molecule has 0 atom stereocenters. The van der Waals surface area contributed by atoms with Crippen molar-refractivity contribution in [1.82, 2.24) is 4.90 Å². The van der Waals surface area contributed by atoms with Crippen LogP contribution in [0.3, 0.4) is 0 Å². The lowest BCUT2D eigenvalue weighted by atomic mass is 10.3. The van der Waals surface area contributed by atoms with Gasteiger partial charge in [-0.3, -0.25) is 4.79 Å². The van der Waals surface area contributed by atoms with E-state index in [0.717, 1.165) is 4.90 Å². The molecule has 0 unspecified atom stereocenters. The highest BCUT2D eigenvalue weighted by Crippen LogP contribution is 2.11. The van der Waals surface area contributed by atoms with Gasteiger partial charge in [0.15, 0.2) is 0 Å². The van der Waals surface area contributed by atoms with E-state index in [1.54, 1.807) is 0 Å². The Bertz CT molecular complexity index is 385. The van der Waals surface area contributed by atoms with Gasteiger partial charge in [0.1, 0.15) is 18.2 Å². The van der Waals surface area contributed by atoms with Gasteiger partial charge in [-0.2, -0.15) is 8.78 Å². The zero-order valence-corrected chi connectivity index (χ0v) is 9.20. The molecule has 0 radical (unpaired) electrons. The molecule has 1 amide bonds. The van der Waals surface area contributed by atoms with Gasteiger partial charge < -0.3 is 9.64 Å². The second-order valence-electron chi connectivity index (χ2n) is 3.37. The number of hydrogen-bond donors (Lipinski definition) is 0. The smallest absolute Gasteiger partial charge is 0.315 e. The predicted molar refractivity (Wildman–Crippen MR) is 55.5 cm³/mol. The van der Waals surface area contributed by atoms with E-state index in [1.807, 2.05) is 0 Å². The highest BCUT2D eigenvalue weighted by Gasteiger charge is 2.19. The van der Waals surface area contributed by atoms with Crippen LogP contribution in [0.15, 0.2) is 24.3 Å². The molecule has 0 aromatic heterocycles. The van der Waals surface area contributed by atoms with E-state index in [9.17, 15) is 18.0 Å². The SMILES string of the molecule is CN(CCOc1cccc(F)c1)C(=O)C(F)F. The number of halogens is 3. The van der Waals surface area contributed by atoms with Crippen molar-refractivity contribution in [3.8, 4) is 5.75 Å². The Hall–Kier alpha value is -1.72. The van der Waals surface area contributed by atoms with Crippen molar-refractivity contribution in [2.24, 2.45) is 0 Å². The molecule has 0 aliphatic heterocycles. The first kappa shape index (κ1) is 13.3. The molecule has 1 aromatic carbocycles. The molecule has 0 fully saturated rings. The maximum absolute atomic E-state index is 12.7. The Morgan fingerprint density at radius 3 is 2.76 bits per heavy atom. The van der Waals surface area contributed by atoms with E-state index in [4.69, 9.17) is 4.74 Å². The van der Waals surface area contributed by atoms with Crippen LogP contribution >= 0.6 is 0 Å². The number of amides is 1. The lowest BCUT2D eigenvalue weighted by Gasteiger charge is -2.16. The van der Waals surface area contributed by atoms with Crippen LogP contribution in [0.5, 0.6) is 5.75 Å². The summed E-state index contributed by atoms with van der Waals surface area (Å²) in [6.45, 7) is 0.0398. The molecule has 0 N–H and O–H groups in total. The van der Waals surface area contributed by atoms with Crippen molar-refractivity contribution < 1.29 is 22.7 Å². The molecule has 3 nitrogen and oxygen atoms in total. The molecule has 94 valence electrons. The summed E-state index contributed by atoms with van der Waals surface area (Å²) in [5.41, 5.74) is 0. The Kier molecular flexibility index (Phi) is 4.81. The number of benzene rings is 1. The van der Waals surface area contributed by atoms with Crippen LogP contribution in [0.2, 0.25) is 0 Å². The Labute approximate surface area is 96.8 Å². The molecule has 1 rings (SSSR count). The van der Waals surface area contributed by atoms with Crippen LogP contribution in [0.1, 0.15) is 0 Å². The van der Waals surface area contributed by atoms with E-state index in [1.165, 1.54) is 31.3 Å². The lowest BCUT2D eigenvalue weighted by Crippen LogP contribution is -2.35. The number of nitrogens with zero attached hydrogens (tertiary/aromatic N) is 1. The minimum absolute atomic E-state index is 0.0136. The molecular weight excluding hydrogens is 235 g/mol. The van der Waals surface area contributed by atoms with Crippen LogP contribution in [0.25, 0.3) is 0 Å². The third kappa shape index (κ3) is 4.34. The van der Waals surface area contributed by atoms with Crippen LogP contribution in [0, 0.1) is 5.82 Å². The van der Waals surface area contributed by atoms with Crippen molar-refractivity contribution in [2.75, 3.05) is 20.2 Å². The first-order chi connectivity index (χ1) is 8.00. The number of likely N-dealkylation sites (N-methyl/N-ethyl adjacent to an activating group) is 1. The molecule has 0 aliphatic rings. The molecule has 6 heteroatoms. The molecule has 0 saturated heterocycles. The minimum Gasteiger partial charge on any atom is -0.492 e. The van der Waals surface area contributed by atoms with Crippen LogP contribution in [-0.4, -0.2) is 37.4 Å². The standard InChI is InChI=1S/C11H12F3NO2/c1-15(11(16)10(13)14)5-6-17-9-4-2-3-8(12)7-9/h2-4,7,10H,5-6H2,1H3. The van der Waals surface area contributed by atoms with E-state index in [2.05, 4.69) is 0 Å². The van der Waals surface area contributed by atoms with Crippen molar-refractivity contribution in [2.45, 2.75) is 6.43 Å². The number of carbonyl (C=O) groups excluding carboxylic acids is 1. The number of ether oxygens (including phenoxy) is 1. The summed E-state index contributed by atoms with van der Waals surface area (Å²) in [6, 6.07) is 5.45. The van der Waals surface area contributed by atoms with Crippen molar-refractivity contribution >= 4 is 5.91 Å². The quantitative estimate of drug-likeness (QED) is 0.795. The summed E-state index contributed by atoms with van der Waals surface area (Å²) in [6.07, 6.45) is -3.02. The predicted octanol–water partition coefficient (Wildman–Crippen LogP) is 1.93. The summed E-state index contributed by atoms with van der Waals surface area (Å²) >= 11 is 0. The molecule has 17 heavy (non-hydrogen) atoms. The summed E-state index contributed by atoms with van der Waals surface area (Å²) in [5, 5.41) is 0. The minimum atomic E-state index is -3.02. The van der Waals surface area contributed by atoms with Crippen LogP contribution in [0.4, 0.5) is 13.2 Å². The fourth-order valence-corrected chi connectivity index (χ4v) is 1.13. The fourth-order valence-electron chi connectivity index (χ4n) is 1.13. The Balaban J connectivity index is 2.35. The molecular formula is C11H12F3NO2. The molecule has 0 aliphatic carbocycles. The van der Waals surface area contributed by atoms with Gasteiger partial charge in [-0.05, 0) is 12.1 Å². The first-order valence-electron chi connectivity index (χ1n) is 4.92. The zero-order chi connectivity index (χ0) is 12.8. The maximum atomic E-state index is 12.7. The van der Waals surface area contributed by atoms with Crippen molar-refractivity contribution in [1.29, 1.82) is 0 Å². The third-order valence-electron chi connectivity index (χ3n) is 2.05. The monoisotopic (exact) mass is 247 g/mol. The summed E-state index contributed by atoms with van der Waals surface area (Å²) in [5.74, 6) is -1.41. The highest BCUT2D eigenvalue weighted by molar-refractivity contribution is 5.78. The van der Waals surface area contributed by atoms with Gasteiger partial charge in [0.05, 0.1) is 6.54 Å². The Morgan fingerprint density at radius 1 is 1.47 bits per heavy atom. The van der Waals surface area contributed by atoms with Crippen LogP contribution < -0.4 is 4.74 Å². The molecule has 0 saturated carbocycles. The fraction of sp³-hybridized carbons (Fsp3) is 0.364. The van der Waals surface area contributed by atoms with Gasteiger partial charge in [-0.15, -0.1) is 0 Å². The molecule has 0 bridgehead atoms. The van der Waals surface area contributed by atoms with Gasteiger partial charge in [0.25, 0.3) is 5.91 Å². The van der Waals surface area contributed by atoms with Crippen molar-refractivity contribution in [3.05, 3.63) is 30.1 Å². The van der Waals surface area contributed by atoms with Crippen LogP contribution in [-0.2, 0) is 4.79 Å². The highest BCUT2D eigenvalue weighted by atomic mass is 19.3. The average Bonchev–Trinajstić information content (AvgIpc) is 2.27. The zero-order valence-electron chi connectivity index (χ0n) is 9.20. The van der Waals surface area contributed by atoms with E-state index in [0.29, 0.717) is 5.75 Å². The normalized spacial score (nSPS) is 10.4. The maximum Gasteiger partial charge on any atom is 0.315 e. The van der Waals surface area contributed by atoms with Gasteiger partial charge in [0, 0.05) is 13.1 Å². The number of hydrogen-bond acceptors (Lipinski definition) is 2. The summed E-state index contributed by atoms with van der Waals surface area (Å²) < 4.78 is 41.9. The van der Waals surface area contributed by atoms with Gasteiger partial charge in [-0.1, -0.05) is 6.07 Å². The van der Waals surface area contributed by atoms with E-state index >= 15 is 0 Å². The second kappa shape index (κ2) is 6.12. The van der Waals surface area contributed by atoms with Crippen molar-refractivity contribution in [3.63, 3.8) is 0 Å². The topological polar surface area (TPSA) is 29.5 Å². The number of carbonyl (C=O) groups is 1. The lowest BCUT2D eigenvalue weighted by molar-refractivity contribution is -0.141. The third-order valence-corrected chi connectivity index (χ3v) is 2.05. The largest absolute Gasteiger partial charge is 0.492 e. The van der Waals surface area contributed by atoms with E-state index in [-0.39, 0.29) is 13.2 Å². The Morgan fingerprint density at radius 2 is 2.18 bits per heavy atom. The van der Waals surface area contributed by atoms with Gasteiger partial charge in [0.2, 0.25) is 0 Å².